The van der Waals surface area contributed by atoms with Crippen LogP contribution in [0.4, 0.5) is 0 Å². The Morgan fingerprint density at radius 1 is 1.53 bits per heavy atom. The molecule has 1 aliphatic heterocycles. The van der Waals surface area contributed by atoms with Gasteiger partial charge in [-0.2, -0.15) is 0 Å². The van der Waals surface area contributed by atoms with Gasteiger partial charge in [-0.3, -0.25) is 4.79 Å². The van der Waals surface area contributed by atoms with Crippen molar-refractivity contribution >= 4 is 52.5 Å². The summed E-state index contributed by atoms with van der Waals surface area (Å²) in [6.45, 7) is 4.06. The largest absolute Gasteiger partial charge is 0.348 e. The Morgan fingerprint density at radius 3 is 2.89 bits per heavy atom. The van der Waals surface area contributed by atoms with Crippen LogP contribution in [0, 0.1) is 9.49 Å². The third-order valence-electron chi connectivity index (χ3n) is 3.33. The second-order valence-corrected chi connectivity index (χ2v) is 6.25. The average molecular weight is 415 g/mol. The molecule has 1 fully saturated rings. The van der Waals surface area contributed by atoms with Crippen molar-refractivity contribution in [3.8, 4) is 0 Å². The van der Waals surface area contributed by atoms with E-state index >= 15 is 0 Å². The number of piperidine rings is 1. The van der Waals surface area contributed by atoms with Gasteiger partial charge in [0.2, 0.25) is 0 Å². The van der Waals surface area contributed by atoms with Gasteiger partial charge >= 0.3 is 0 Å². The quantitative estimate of drug-likeness (QED) is 0.730. The minimum Gasteiger partial charge on any atom is -0.348 e. The van der Waals surface area contributed by atoms with Crippen molar-refractivity contribution < 1.29 is 4.79 Å². The van der Waals surface area contributed by atoms with Gasteiger partial charge in [-0.05, 0) is 59.7 Å². The lowest BCUT2D eigenvalue weighted by Crippen LogP contribution is -2.50. The molecular weight excluding hydrogens is 398 g/mol. The van der Waals surface area contributed by atoms with Gasteiger partial charge in [0.25, 0.3) is 5.91 Å². The molecule has 2 atom stereocenters. The predicted octanol–water partition coefficient (Wildman–Crippen LogP) is 3.09. The van der Waals surface area contributed by atoms with Crippen LogP contribution in [0.3, 0.4) is 0 Å². The van der Waals surface area contributed by atoms with E-state index in [-0.39, 0.29) is 24.4 Å². The monoisotopic (exact) mass is 414 g/mol. The molecular formula is C13H17Cl2IN2O. The third-order valence-corrected chi connectivity index (χ3v) is 4.87. The zero-order valence-corrected chi connectivity index (χ0v) is 14.3. The number of carbonyl (C=O) groups excluding carboxylic acids is 1. The molecule has 3 nitrogen and oxygen atoms in total. The fourth-order valence-corrected chi connectivity index (χ4v) is 2.70. The number of hydrogen-bond donors (Lipinski definition) is 2. The molecule has 0 aromatic heterocycles. The second kappa shape index (κ2) is 7.67. The summed E-state index contributed by atoms with van der Waals surface area (Å²) in [6, 6.07) is 5.56. The number of carbonyl (C=O) groups is 1. The van der Waals surface area contributed by atoms with E-state index in [1.807, 2.05) is 6.07 Å². The first-order valence-corrected chi connectivity index (χ1v) is 7.50. The van der Waals surface area contributed by atoms with Crippen molar-refractivity contribution in [2.24, 2.45) is 5.92 Å². The van der Waals surface area contributed by atoms with Gasteiger partial charge in [0, 0.05) is 21.7 Å². The molecule has 1 amide bonds. The number of halogens is 3. The molecule has 0 saturated carbocycles. The maximum absolute atomic E-state index is 12.1. The van der Waals surface area contributed by atoms with E-state index in [4.69, 9.17) is 11.6 Å². The van der Waals surface area contributed by atoms with Crippen molar-refractivity contribution in [3.63, 3.8) is 0 Å². The SMILES string of the molecule is CC1CCNCC1NC(=O)c1ccc(Cl)c(I)c1.Cl. The van der Waals surface area contributed by atoms with Crippen LogP contribution in [-0.4, -0.2) is 25.0 Å². The molecule has 2 rings (SSSR count). The molecule has 1 heterocycles. The van der Waals surface area contributed by atoms with Crippen molar-refractivity contribution in [2.75, 3.05) is 13.1 Å². The Labute approximate surface area is 138 Å². The van der Waals surface area contributed by atoms with Crippen molar-refractivity contribution in [2.45, 2.75) is 19.4 Å². The number of nitrogens with one attached hydrogen (secondary N) is 2. The van der Waals surface area contributed by atoms with Crippen LogP contribution in [0.5, 0.6) is 0 Å². The number of amides is 1. The first-order chi connectivity index (χ1) is 8.58. The molecule has 19 heavy (non-hydrogen) atoms. The highest BCUT2D eigenvalue weighted by molar-refractivity contribution is 14.1. The summed E-state index contributed by atoms with van der Waals surface area (Å²) in [6.07, 6.45) is 1.10. The van der Waals surface area contributed by atoms with E-state index in [1.54, 1.807) is 12.1 Å². The van der Waals surface area contributed by atoms with E-state index in [0.717, 1.165) is 23.1 Å². The van der Waals surface area contributed by atoms with Gasteiger partial charge in [-0.25, -0.2) is 0 Å². The molecule has 2 unspecified atom stereocenters. The number of rotatable bonds is 2. The highest BCUT2D eigenvalue weighted by Crippen LogP contribution is 2.20. The summed E-state index contributed by atoms with van der Waals surface area (Å²) in [4.78, 5) is 12.1. The average Bonchev–Trinajstić information content (AvgIpc) is 2.35. The van der Waals surface area contributed by atoms with Gasteiger partial charge in [0.05, 0.1) is 5.02 Å². The first kappa shape index (κ1) is 17.0. The predicted molar refractivity (Wildman–Crippen MR) is 89.3 cm³/mol. The third kappa shape index (κ3) is 4.48. The molecule has 1 saturated heterocycles. The van der Waals surface area contributed by atoms with Crippen LogP contribution in [0.1, 0.15) is 23.7 Å². The van der Waals surface area contributed by atoms with E-state index in [9.17, 15) is 4.79 Å². The topological polar surface area (TPSA) is 41.1 Å². The Morgan fingerprint density at radius 2 is 2.26 bits per heavy atom. The van der Waals surface area contributed by atoms with Gasteiger partial charge in [-0.1, -0.05) is 18.5 Å². The fourth-order valence-electron chi connectivity index (χ4n) is 2.07. The number of hydrogen-bond acceptors (Lipinski definition) is 2. The molecule has 2 N–H and O–H groups in total. The lowest BCUT2D eigenvalue weighted by Gasteiger charge is -2.30. The molecule has 6 heteroatoms. The van der Waals surface area contributed by atoms with Gasteiger partial charge < -0.3 is 10.6 Å². The second-order valence-electron chi connectivity index (χ2n) is 4.68. The number of benzene rings is 1. The van der Waals surface area contributed by atoms with Crippen molar-refractivity contribution in [1.82, 2.24) is 10.6 Å². The highest BCUT2D eigenvalue weighted by Gasteiger charge is 2.23. The molecule has 0 spiro atoms. The smallest absolute Gasteiger partial charge is 0.251 e. The van der Waals surface area contributed by atoms with Gasteiger partial charge in [0.15, 0.2) is 0 Å². The Hall–Kier alpha value is -0.0400. The Balaban J connectivity index is 0.00000180. The normalized spacial score (nSPS) is 22.5. The van der Waals surface area contributed by atoms with Crippen LogP contribution in [-0.2, 0) is 0 Å². The lowest BCUT2D eigenvalue weighted by molar-refractivity contribution is 0.0915. The maximum Gasteiger partial charge on any atom is 0.251 e. The van der Waals surface area contributed by atoms with E-state index in [1.165, 1.54) is 0 Å². The van der Waals surface area contributed by atoms with E-state index < -0.39 is 0 Å². The fraction of sp³-hybridized carbons (Fsp3) is 0.462. The van der Waals surface area contributed by atoms with Gasteiger partial charge in [-0.15, -0.1) is 12.4 Å². The van der Waals surface area contributed by atoms with E-state index in [0.29, 0.717) is 16.5 Å². The van der Waals surface area contributed by atoms with Crippen LogP contribution >= 0.6 is 46.6 Å². The summed E-state index contributed by atoms with van der Waals surface area (Å²) in [7, 11) is 0. The molecule has 106 valence electrons. The van der Waals surface area contributed by atoms with Crippen molar-refractivity contribution in [3.05, 3.63) is 32.4 Å². The Bertz CT molecular complexity index is 456. The zero-order valence-electron chi connectivity index (χ0n) is 10.6. The molecule has 1 aromatic carbocycles. The summed E-state index contributed by atoms with van der Waals surface area (Å²) >= 11 is 8.09. The summed E-state index contributed by atoms with van der Waals surface area (Å²) < 4.78 is 0.900. The zero-order chi connectivity index (χ0) is 13.1. The highest BCUT2D eigenvalue weighted by atomic mass is 127. The minimum absolute atomic E-state index is 0. The summed E-state index contributed by atoms with van der Waals surface area (Å²) in [5.41, 5.74) is 0.668. The first-order valence-electron chi connectivity index (χ1n) is 6.04. The standard InChI is InChI=1S/C13H16ClIN2O.ClH/c1-8-4-5-16-7-12(8)17-13(18)9-2-3-10(14)11(15)6-9;/h2-3,6,8,12,16H,4-5,7H2,1H3,(H,17,18);1H. The molecule has 0 aliphatic carbocycles. The van der Waals surface area contributed by atoms with Gasteiger partial charge in [0.1, 0.15) is 0 Å². The minimum atomic E-state index is -0.0230. The Kier molecular flexibility index (Phi) is 6.86. The molecule has 0 radical (unpaired) electrons. The molecule has 1 aliphatic rings. The lowest BCUT2D eigenvalue weighted by atomic mass is 9.94. The van der Waals surface area contributed by atoms with Crippen LogP contribution in [0.15, 0.2) is 18.2 Å². The summed E-state index contributed by atoms with van der Waals surface area (Å²) in [5.74, 6) is 0.492. The van der Waals surface area contributed by atoms with Crippen molar-refractivity contribution in [1.29, 1.82) is 0 Å². The van der Waals surface area contributed by atoms with E-state index in [2.05, 4.69) is 40.1 Å². The molecule has 1 aromatic rings. The summed E-state index contributed by atoms with van der Waals surface area (Å²) in [5, 5.41) is 7.07. The maximum atomic E-state index is 12.1. The van der Waals surface area contributed by atoms with Crippen LogP contribution < -0.4 is 10.6 Å². The van der Waals surface area contributed by atoms with Crippen LogP contribution in [0.25, 0.3) is 0 Å². The van der Waals surface area contributed by atoms with Crippen LogP contribution in [0.2, 0.25) is 5.02 Å². The molecule has 0 bridgehead atoms.